The highest BCUT2D eigenvalue weighted by atomic mass is 32.2. The maximum atomic E-state index is 13.0. The quantitative estimate of drug-likeness (QED) is 0.483. The number of hydrogen-bond acceptors (Lipinski definition) is 5. The number of aromatic nitrogens is 1. The SMILES string of the molecule is Cc1ccc(S(=O)(=O)N2CCC[C@H]2C(=O)OCC(=O)c2c[nH]c3ccccc23)cc1. The van der Waals surface area contributed by atoms with E-state index in [2.05, 4.69) is 4.98 Å². The monoisotopic (exact) mass is 426 g/mol. The molecule has 0 amide bonds. The Hall–Kier alpha value is -2.97. The van der Waals surface area contributed by atoms with Gasteiger partial charge in [-0.25, -0.2) is 8.42 Å². The summed E-state index contributed by atoms with van der Waals surface area (Å²) in [4.78, 5) is 28.3. The second-order valence-electron chi connectivity index (χ2n) is 7.37. The summed E-state index contributed by atoms with van der Waals surface area (Å²) in [5.41, 5.74) is 2.20. The van der Waals surface area contributed by atoms with E-state index in [1.54, 1.807) is 18.3 Å². The minimum atomic E-state index is -3.82. The molecule has 1 fully saturated rings. The van der Waals surface area contributed by atoms with E-state index in [1.807, 2.05) is 31.2 Å². The molecular weight excluding hydrogens is 404 g/mol. The smallest absolute Gasteiger partial charge is 0.324 e. The number of sulfonamides is 1. The van der Waals surface area contributed by atoms with Crippen LogP contribution in [0.1, 0.15) is 28.8 Å². The van der Waals surface area contributed by atoms with Crippen molar-refractivity contribution >= 4 is 32.7 Å². The standard InChI is InChI=1S/C22H22N2O5S/c1-15-8-10-16(11-9-15)30(27,28)24-12-4-7-20(24)22(26)29-14-21(25)18-13-23-19-6-3-2-5-17(18)19/h2-3,5-6,8-11,13,20,23H,4,7,12,14H2,1H3/t20-/m0/s1. The minimum absolute atomic E-state index is 0.141. The lowest BCUT2D eigenvalue weighted by Gasteiger charge is -2.22. The summed E-state index contributed by atoms with van der Waals surface area (Å²) in [5.74, 6) is -1.04. The third kappa shape index (κ3) is 3.76. The van der Waals surface area contributed by atoms with Gasteiger partial charge in [0.15, 0.2) is 6.61 Å². The number of aromatic amines is 1. The Morgan fingerprint density at radius 3 is 2.63 bits per heavy atom. The average Bonchev–Trinajstić information content (AvgIpc) is 3.40. The fourth-order valence-corrected chi connectivity index (χ4v) is 5.37. The fourth-order valence-electron chi connectivity index (χ4n) is 3.72. The number of esters is 1. The van der Waals surface area contributed by atoms with E-state index in [0.29, 0.717) is 18.4 Å². The lowest BCUT2D eigenvalue weighted by atomic mass is 10.1. The number of fused-ring (bicyclic) bond motifs is 1. The van der Waals surface area contributed by atoms with E-state index < -0.39 is 28.6 Å². The fraction of sp³-hybridized carbons (Fsp3) is 0.273. The number of nitrogens with one attached hydrogen (secondary N) is 1. The van der Waals surface area contributed by atoms with Gasteiger partial charge in [0.1, 0.15) is 6.04 Å². The van der Waals surface area contributed by atoms with E-state index in [-0.39, 0.29) is 17.2 Å². The molecule has 156 valence electrons. The Morgan fingerprint density at radius 1 is 1.13 bits per heavy atom. The summed E-state index contributed by atoms with van der Waals surface area (Å²) < 4.78 is 32.4. The van der Waals surface area contributed by atoms with Crippen molar-refractivity contribution in [1.29, 1.82) is 0 Å². The topological polar surface area (TPSA) is 96.5 Å². The molecule has 7 nitrogen and oxygen atoms in total. The molecular formula is C22H22N2O5S. The lowest BCUT2D eigenvalue weighted by Crippen LogP contribution is -2.41. The van der Waals surface area contributed by atoms with Crippen molar-refractivity contribution in [1.82, 2.24) is 9.29 Å². The molecule has 1 aromatic heterocycles. The highest BCUT2D eigenvalue weighted by molar-refractivity contribution is 7.89. The number of Topliss-reactive ketones (excluding diaryl/α,β-unsaturated/α-hetero) is 1. The number of para-hydroxylation sites is 1. The number of rotatable bonds is 6. The highest BCUT2D eigenvalue weighted by Crippen LogP contribution is 2.27. The molecule has 2 heterocycles. The summed E-state index contributed by atoms with van der Waals surface area (Å²) >= 11 is 0. The van der Waals surface area contributed by atoms with E-state index in [9.17, 15) is 18.0 Å². The van der Waals surface area contributed by atoms with Crippen LogP contribution in [0.3, 0.4) is 0 Å². The molecule has 2 aromatic carbocycles. The van der Waals surface area contributed by atoms with Crippen LogP contribution in [0.5, 0.6) is 0 Å². The summed E-state index contributed by atoms with van der Waals surface area (Å²) in [6.07, 6.45) is 2.51. The third-order valence-corrected chi connectivity index (χ3v) is 7.26. The number of nitrogens with zero attached hydrogens (tertiary/aromatic N) is 1. The van der Waals surface area contributed by atoms with E-state index in [1.165, 1.54) is 16.4 Å². The molecule has 1 N–H and O–H groups in total. The van der Waals surface area contributed by atoms with Gasteiger partial charge < -0.3 is 9.72 Å². The second-order valence-corrected chi connectivity index (χ2v) is 9.26. The van der Waals surface area contributed by atoms with Gasteiger partial charge in [-0.2, -0.15) is 4.31 Å². The Morgan fingerprint density at radius 2 is 1.87 bits per heavy atom. The summed E-state index contributed by atoms with van der Waals surface area (Å²) in [7, 11) is -3.82. The van der Waals surface area contributed by atoms with Crippen LogP contribution in [0, 0.1) is 6.92 Å². The predicted molar refractivity (Wildman–Crippen MR) is 112 cm³/mol. The van der Waals surface area contributed by atoms with E-state index in [4.69, 9.17) is 4.74 Å². The number of hydrogen-bond donors (Lipinski definition) is 1. The first-order chi connectivity index (χ1) is 14.4. The molecule has 0 unspecified atom stereocenters. The summed E-state index contributed by atoms with van der Waals surface area (Å²) in [5, 5.41) is 0.753. The van der Waals surface area contributed by atoms with E-state index >= 15 is 0 Å². The van der Waals surface area contributed by atoms with Crippen molar-refractivity contribution in [2.24, 2.45) is 0 Å². The van der Waals surface area contributed by atoms with Crippen molar-refractivity contribution in [3.8, 4) is 0 Å². The van der Waals surface area contributed by atoms with Crippen molar-refractivity contribution in [2.45, 2.75) is 30.7 Å². The first kappa shape index (κ1) is 20.3. The number of benzene rings is 2. The molecule has 4 rings (SSSR count). The normalized spacial score (nSPS) is 17.3. The Labute approximate surface area is 174 Å². The van der Waals surface area contributed by atoms with Crippen molar-refractivity contribution in [2.75, 3.05) is 13.2 Å². The van der Waals surface area contributed by atoms with Gasteiger partial charge in [-0.3, -0.25) is 9.59 Å². The van der Waals surface area contributed by atoms with Gasteiger partial charge in [0, 0.05) is 29.2 Å². The zero-order valence-electron chi connectivity index (χ0n) is 16.5. The minimum Gasteiger partial charge on any atom is -0.456 e. The van der Waals surface area contributed by atoms with Crippen molar-refractivity contribution in [3.05, 3.63) is 65.9 Å². The van der Waals surface area contributed by atoms with Gasteiger partial charge in [-0.15, -0.1) is 0 Å². The zero-order chi connectivity index (χ0) is 21.3. The molecule has 0 saturated carbocycles. The molecule has 1 saturated heterocycles. The first-order valence-corrected chi connectivity index (χ1v) is 11.2. The van der Waals surface area contributed by atoms with Gasteiger partial charge >= 0.3 is 5.97 Å². The zero-order valence-corrected chi connectivity index (χ0v) is 17.3. The molecule has 0 bridgehead atoms. The third-order valence-electron chi connectivity index (χ3n) is 5.34. The van der Waals surface area contributed by atoms with Crippen LogP contribution in [0.4, 0.5) is 0 Å². The molecule has 1 aliphatic rings. The number of carbonyl (C=O) groups excluding carboxylic acids is 2. The lowest BCUT2D eigenvalue weighted by molar-refractivity contribution is -0.146. The number of aryl methyl sites for hydroxylation is 1. The van der Waals surface area contributed by atoms with Crippen LogP contribution in [-0.2, 0) is 19.6 Å². The number of ketones is 1. The second kappa shape index (κ2) is 8.04. The van der Waals surface area contributed by atoms with Gasteiger partial charge in [0.2, 0.25) is 15.8 Å². The molecule has 30 heavy (non-hydrogen) atoms. The van der Waals surface area contributed by atoms with Crippen LogP contribution in [0.15, 0.2) is 59.6 Å². The molecule has 0 spiro atoms. The molecule has 1 atom stereocenters. The number of carbonyl (C=O) groups is 2. The van der Waals surface area contributed by atoms with Crippen LogP contribution in [0.25, 0.3) is 10.9 Å². The molecule has 1 aliphatic heterocycles. The van der Waals surface area contributed by atoms with Crippen LogP contribution in [-0.4, -0.2) is 48.7 Å². The Kier molecular flexibility index (Phi) is 5.44. The average molecular weight is 426 g/mol. The van der Waals surface area contributed by atoms with Gasteiger partial charge in [0.05, 0.1) is 4.90 Å². The van der Waals surface area contributed by atoms with Gasteiger partial charge in [-0.1, -0.05) is 35.9 Å². The highest BCUT2D eigenvalue weighted by Gasteiger charge is 2.40. The first-order valence-electron chi connectivity index (χ1n) is 9.72. The maximum absolute atomic E-state index is 13.0. The largest absolute Gasteiger partial charge is 0.456 e. The molecule has 0 radical (unpaired) electrons. The predicted octanol–water partition coefficient (Wildman–Crippen LogP) is 3.06. The van der Waals surface area contributed by atoms with Crippen molar-refractivity contribution in [3.63, 3.8) is 0 Å². The number of H-pyrrole nitrogens is 1. The summed E-state index contributed by atoms with van der Waals surface area (Å²) in [6.45, 7) is 1.68. The van der Waals surface area contributed by atoms with Crippen LogP contribution < -0.4 is 0 Å². The van der Waals surface area contributed by atoms with Gasteiger partial charge in [0.25, 0.3) is 0 Å². The Balaban J connectivity index is 1.46. The van der Waals surface area contributed by atoms with Gasteiger partial charge in [-0.05, 0) is 38.0 Å². The van der Waals surface area contributed by atoms with Crippen LogP contribution in [0.2, 0.25) is 0 Å². The molecule has 8 heteroatoms. The van der Waals surface area contributed by atoms with E-state index in [0.717, 1.165) is 16.5 Å². The maximum Gasteiger partial charge on any atom is 0.324 e. The number of ether oxygens (including phenoxy) is 1. The van der Waals surface area contributed by atoms with Crippen molar-refractivity contribution < 1.29 is 22.7 Å². The summed E-state index contributed by atoms with van der Waals surface area (Å²) in [6, 6.07) is 12.9. The molecule has 0 aliphatic carbocycles. The molecule has 3 aromatic rings. The Bertz CT molecular complexity index is 1200. The van der Waals surface area contributed by atoms with Crippen LogP contribution >= 0.6 is 0 Å².